The van der Waals surface area contributed by atoms with Gasteiger partial charge in [-0.05, 0) is 0 Å². The fourth-order valence-corrected chi connectivity index (χ4v) is 0. The smallest absolute Gasteiger partial charge is 2.00 e. The third kappa shape index (κ3) is 736. The van der Waals surface area contributed by atoms with E-state index in [4.69, 9.17) is 0 Å². The second kappa shape index (κ2) is 827. The van der Waals surface area contributed by atoms with Crippen molar-refractivity contribution in [2.24, 2.45) is 0 Å². The zero-order valence-corrected chi connectivity index (χ0v) is 15.6. The van der Waals surface area contributed by atoms with Gasteiger partial charge in [-0.25, -0.2) is 0 Å². The van der Waals surface area contributed by atoms with Crippen LogP contribution in [0.1, 0.15) is 0 Å². The first-order chi connectivity index (χ1) is 0. The summed E-state index contributed by atoms with van der Waals surface area (Å²) in [6.07, 6.45) is 0. The first-order valence-corrected chi connectivity index (χ1v) is 0. The van der Waals surface area contributed by atoms with E-state index >= 15 is 0 Å². The Morgan fingerprint density at radius 2 is 0.176 bits per heavy atom. The third-order valence-corrected chi connectivity index (χ3v) is 0. The summed E-state index contributed by atoms with van der Waals surface area (Å²) in [6, 6.07) is 0. The van der Waals surface area contributed by atoms with Crippen LogP contribution in [-0.2, 0) is 129 Å². The van der Waals surface area contributed by atoms with Gasteiger partial charge in [0.05, 0.1) is 0 Å². The molecule has 0 saturated carbocycles. The van der Waals surface area contributed by atoms with Gasteiger partial charge >= 0.3 is 34.7 Å². The molecule has 0 aliphatic rings. The molecule has 17 heavy (non-hydrogen) atoms. The van der Waals surface area contributed by atoms with Crippen LogP contribution in [0.15, 0.2) is 0 Å². The van der Waals surface area contributed by atoms with Crippen LogP contribution >= 0.6 is 0 Å². The minimum absolute atomic E-state index is 0. The zero-order chi connectivity index (χ0) is 0. The summed E-state index contributed by atoms with van der Waals surface area (Å²) in [5.41, 5.74) is 0. The molecular formula is Al2Mo3O12-18. The molecule has 0 aromatic heterocycles. The molecule has 0 bridgehead atoms. The maximum Gasteiger partial charge on any atom is 3.00 e. The van der Waals surface area contributed by atoms with Crippen LogP contribution in [0, 0.1) is 0 Å². The Balaban J connectivity index is 0. The van der Waals surface area contributed by atoms with Gasteiger partial charge < -0.3 is 65.7 Å². The SMILES string of the molecule is [Al+3].[Al+3].[Mo].[Mo].[Mo].[O-2].[O-2].[O-2].[O-2].[O-2].[O-2].[O-2].[O-2].[O-2].[O-2].[O-2].[O-2]. The summed E-state index contributed by atoms with van der Waals surface area (Å²) in [5.74, 6) is 0. The summed E-state index contributed by atoms with van der Waals surface area (Å²) in [6.45, 7) is 0. The van der Waals surface area contributed by atoms with Crippen LogP contribution in [0.25, 0.3) is 0 Å². The molecule has 0 unspecified atom stereocenters. The van der Waals surface area contributed by atoms with E-state index in [1.54, 1.807) is 0 Å². The predicted octanol–water partition coefficient (Wildman–Crippen LogP) is -2.19. The molecule has 0 heterocycles. The van der Waals surface area contributed by atoms with Gasteiger partial charge in [0.15, 0.2) is 0 Å². The second-order valence-corrected chi connectivity index (χ2v) is 0. The molecule has 0 saturated heterocycles. The third-order valence-electron chi connectivity index (χ3n) is 0. The molecule has 12 nitrogen and oxygen atoms in total. The average Bonchev–Trinajstić information content (AvgIpc) is 0. The van der Waals surface area contributed by atoms with Crippen molar-refractivity contribution in [2.45, 2.75) is 0 Å². The van der Waals surface area contributed by atoms with E-state index in [1.807, 2.05) is 0 Å². The molecule has 0 radical (unpaired) electrons. The largest absolute Gasteiger partial charge is 3.00 e. The average molecular weight is 534 g/mol. The molecule has 0 aromatic carbocycles. The summed E-state index contributed by atoms with van der Waals surface area (Å²) < 4.78 is 0. The van der Waals surface area contributed by atoms with E-state index < -0.39 is 0 Å². The standard InChI is InChI=1S/2Al.3Mo.12O/q2*+3;;;;12*-2. The Morgan fingerprint density at radius 1 is 0.176 bits per heavy atom. The van der Waals surface area contributed by atoms with Gasteiger partial charge in [0, 0.05) is 63.2 Å². The minimum atomic E-state index is 0. The maximum absolute atomic E-state index is 0. The Kier molecular flexibility index (Phi) is 47400. The molecule has 0 amide bonds. The van der Waals surface area contributed by atoms with E-state index in [0.717, 1.165) is 0 Å². The molecular weight excluding hydrogens is 534 g/mol. The van der Waals surface area contributed by atoms with Crippen LogP contribution in [0.4, 0.5) is 0 Å². The Morgan fingerprint density at radius 3 is 0.176 bits per heavy atom. The van der Waals surface area contributed by atoms with Crippen molar-refractivity contribution in [1.82, 2.24) is 0 Å². The molecule has 0 aliphatic heterocycles. The van der Waals surface area contributed by atoms with Crippen molar-refractivity contribution in [2.75, 3.05) is 0 Å². The molecule has 17 heteroatoms. The number of hydrogen-bond donors (Lipinski definition) is 0. The summed E-state index contributed by atoms with van der Waals surface area (Å²) in [4.78, 5) is 0. The van der Waals surface area contributed by atoms with Gasteiger partial charge in [0.2, 0.25) is 0 Å². The maximum atomic E-state index is 0. The Labute approximate surface area is 162 Å². The van der Waals surface area contributed by atoms with Gasteiger partial charge in [-0.1, -0.05) is 0 Å². The summed E-state index contributed by atoms with van der Waals surface area (Å²) in [5, 5.41) is 0. The van der Waals surface area contributed by atoms with Gasteiger partial charge in [-0.15, -0.1) is 0 Å². The molecule has 0 rings (SSSR count). The van der Waals surface area contributed by atoms with Crippen molar-refractivity contribution in [3.8, 4) is 0 Å². The van der Waals surface area contributed by atoms with Crippen molar-refractivity contribution >= 4 is 34.7 Å². The van der Waals surface area contributed by atoms with Gasteiger partial charge in [0.1, 0.15) is 0 Å². The van der Waals surface area contributed by atoms with Crippen molar-refractivity contribution < 1.29 is 129 Å². The van der Waals surface area contributed by atoms with E-state index in [2.05, 4.69) is 0 Å². The summed E-state index contributed by atoms with van der Waals surface area (Å²) >= 11 is 0. The first-order valence-electron chi connectivity index (χ1n) is 0. The fraction of sp³-hybridized carbons (Fsp3) is 0. The van der Waals surface area contributed by atoms with Crippen LogP contribution < -0.4 is 0 Å². The van der Waals surface area contributed by atoms with Crippen LogP contribution in [-0.4, -0.2) is 34.7 Å². The van der Waals surface area contributed by atoms with Gasteiger partial charge in [0.25, 0.3) is 0 Å². The van der Waals surface area contributed by atoms with E-state index in [9.17, 15) is 0 Å². The molecule has 0 fully saturated rings. The van der Waals surface area contributed by atoms with Crippen molar-refractivity contribution in [1.29, 1.82) is 0 Å². The molecule has 0 aliphatic carbocycles. The van der Waals surface area contributed by atoms with E-state index in [-0.39, 0.29) is 164 Å². The van der Waals surface area contributed by atoms with Crippen molar-refractivity contribution in [3.05, 3.63) is 0 Å². The molecule has 0 N–H and O–H groups in total. The molecule has 114 valence electrons. The Hall–Kier alpha value is 2.65. The monoisotopic (exact) mass is 540 g/mol. The summed E-state index contributed by atoms with van der Waals surface area (Å²) in [7, 11) is 0. The fourth-order valence-electron chi connectivity index (χ4n) is 0. The second-order valence-electron chi connectivity index (χ2n) is 0. The van der Waals surface area contributed by atoms with E-state index in [0.29, 0.717) is 0 Å². The van der Waals surface area contributed by atoms with Crippen LogP contribution in [0.3, 0.4) is 0 Å². The number of hydrogen-bond acceptors (Lipinski definition) is 0. The molecule has 0 spiro atoms. The van der Waals surface area contributed by atoms with Gasteiger partial charge in [-0.3, -0.25) is 0 Å². The van der Waals surface area contributed by atoms with Gasteiger partial charge in [-0.2, -0.15) is 0 Å². The Bertz CT molecular complexity index is 19.7. The van der Waals surface area contributed by atoms with E-state index in [1.165, 1.54) is 0 Å². The van der Waals surface area contributed by atoms with Crippen molar-refractivity contribution in [3.63, 3.8) is 0 Å². The minimum Gasteiger partial charge on any atom is -2.00 e. The normalized spacial score (nSPS) is 0. The van der Waals surface area contributed by atoms with Crippen LogP contribution in [0.2, 0.25) is 0 Å². The predicted molar refractivity (Wildman–Crippen MR) is 19.7 cm³/mol. The zero-order valence-electron chi connectivity index (χ0n) is 7.28. The first kappa shape index (κ1) is 973. The molecule has 0 aromatic rings. The van der Waals surface area contributed by atoms with Crippen LogP contribution in [0.5, 0.6) is 0 Å². The quantitative estimate of drug-likeness (QED) is 0.299. The number of rotatable bonds is 0. The topological polar surface area (TPSA) is 342 Å². The molecule has 0 atom stereocenters.